The molecule has 7 nitrogen and oxygen atoms in total. The molecule has 2 aromatic carbocycles. The molecule has 0 fully saturated rings. The fraction of sp³-hybridized carbons (Fsp3) is 0.300. The lowest BCUT2D eigenvalue weighted by molar-refractivity contribution is -0.383. The number of nitrogens with zero attached hydrogens (tertiary/aromatic N) is 1. The molecule has 0 saturated heterocycles. The monoisotopic (exact) mass is 513 g/mol. The number of nitro groups is 1. The summed E-state index contributed by atoms with van der Waals surface area (Å²) in [5, 5.41) is 16.5. The smallest absolute Gasteiger partial charge is 0.294 e. The van der Waals surface area contributed by atoms with Crippen molar-refractivity contribution >= 4 is 62.1 Å². The van der Waals surface area contributed by atoms with Crippen molar-refractivity contribution < 1.29 is 14.5 Å². The quantitative estimate of drug-likeness (QED) is 0.182. The molecule has 0 saturated carbocycles. The number of unbranched alkanes of at least 4 members (excludes halogenated alkanes) is 3. The van der Waals surface area contributed by atoms with E-state index in [-0.39, 0.29) is 21.5 Å². The number of hydrogen-bond acceptors (Lipinski definition) is 5. The maximum Gasteiger partial charge on any atom is 0.294 e. The highest BCUT2D eigenvalue weighted by Crippen LogP contribution is 2.28. The first-order chi connectivity index (χ1) is 14.3. The number of thiocarbonyl (C=S) groups is 1. The van der Waals surface area contributed by atoms with Gasteiger partial charge < -0.3 is 10.1 Å². The Morgan fingerprint density at radius 1 is 1.23 bits per heavy atom. The van der Waals surface area contributed by atoms with E-state index in [2.05, 4.69) is 33.5 Å². The van der Waals surface area contributed by atoms with Crippen molar-refractivity contribution in [3.8, 4) is 5.75 Å². The highest BCUT2D eigenvalue weighted by molar-refractivity contribution is 9.10. The summed E-state index contributed by atoms with van der Waals surface area (Å²) in [7, 11) is 0. The van der Waals surface area contributed by atoms with Crippen LogP contribution in [-0.2, 0) is 0 Å². The number of nitrogens with one attached hydrogen (secondary N) is 2. The summed E-state index contributed by atoms with van der Waals surface area (Å²) in [6, 6.07) is 9.23. The van der Waals surface area contributed by atoms with E-state index >= 15 is 0 Å². The zero-order valence-electron chi connectivity index (χ0n) is 16.2. The van der Waals surface area contributed by atoms with Gasteiger partial charge in [0.1, 0.15) is 11.4 Å². The van der Waals surface area contributed by atoms with E-state index in [1.54, 1.807) is 18.2 Å². The zero-order chi connectivity index (χ0) is 22.1. The van der Waals surface area contributed by atoms with Gasteiger partial charge >= 0.3 is 0 Å². The summed E-state index contributed by atoms with van der Waals surface area (Å²) >= 11 is 14.3. The third-order valence-electron chi connectivity index (χ3n) is 4.07. The molecule has 0 aliphatic heterocycles. The van der Waals surface area contributed by atoms with Crippen LogP contribution in [0.25, 0.3) is 0 Å². The van der Waals surface area contributed by atoms with Gasteiger partial charge in [0.2, 0.25) is 0 Å². The summed E-state index contributed by atoms with van der Waals surface area (Å²) in [5.41, 5.74) is 0.170. The van der Waals surface area contributed by atoms with Crippen molar-refractivity contribution in [2.45, 2.75) is 32.6 Å². The molecule has 0 bridgehead atoms. The first kappa shape index (κ1) is 24.0. The number of anilines is 1. The first-order valence-electron chi connectivity index (χ1n) is 9.30. The highest BCUT2D eigenvalue weighted by Gasteiger charge is 2.18. The van der Waals surface area contributed by atoms with Crippen LogP contribution in [0.5, 0.6) is 5.75 Å². The normalized spacial score (nSPS) is 10.4. The molecular weight excluding hydrogens is 494 g/mol. The van der Waals surface area contributed by atoms with Crippen LogP contribution >= 0.6 is 39.7 Å². The van der Waals surface area contributed by atoms with E-state index in [1.165, 1.54) is 18.2 Å². The lowest BCUT2D eigenvalue weighted by Crippen LogP contribution is -2.34. The van der Waals surface area contributed by atoms with Crippen molar-refractivity contribution in [3.05, 3.63) is 61.6 Å². The topological polar surface area (TPSA) is 93.5 Å². The minimum Gasteiger partial charge on any atom is -0.493 e. The Hall–Kier alpha value is -2.23. The van der Waals surface area contributed by atoms with Crippen LogP contribution in [0.3, 0.4) is 0 Å². The van der Waals surface area contributed by atoms with Crippen molar-refractivity contribution in [3.63, 3.8) is 0 Å². The van der Waals surface area contributed by atoms with Crippen LogP contribution in [0.15, 0.2) is 40.9 Å². The van der Waals surface area contributed by atoms with E-state index in [0.717, 1.165) is 25.7 Å². The third-order valence-corrected chi connectivity index (χ3v) is 5.01. The Kier molecular flexibility index (Phi) is 9.48. The Bertz CT molecular complexity index is 942. The standard InChI is InChI=1S/C20H21BrClN3O4S/c1-2-3-4-5-10-29-18-9-6-13(21)11-15(18)19(26)24-20(30)23-16-8-7-14(22)12-17(16)25(27)28/h6-9,11-12H,2-5,10H2,1H3,(H2,23,24,26,30). The van der Waals surface area contributed by atoms with E-state index < -0.39 is 10.8 Å². The van der Waals surface area contributed by atoms with Gasteiger partial charge in [-0.3, -0.25) is 20.2 Å². The van der Waals surface area contributed by atoms with Crippen LogP contribution in [0.1, 0.15) is 43.0 Å². The van der Waals surface area contributed by atoms with E-state index in [0.29, 0.717) is 22.4 Å². The van der Waals surface area contributed by atoms with Gasteiger partial charge in [-0.25, -0.2) is 0 Å². The molecule has 0 radical (unpaired) electrons. The molecule has 0 spiro atoms. The molecule has 2 rings (SSSR count). The number of ether oxygens (including phenoxy) is 1. The fourth-order valence-electron chi connectivity index (χ4n) is 2.60. The Labute approximate surface area is 193 Å². The predicted octanol–water partition coefficient (Wildman–Crippen LogP) is 6.10. The first-order valence-corrected chi connectivity index (χ1v) is 10.9. The molecule has 2 N–H and O–H groups in total. The van der Waals surface area contributed by atoms with Crippen molar-refractivity contribution in [2.75, 3.05) is 11.9 Å². The highest BCUT2D eigenvalue weighted by atomic mass is 79.9. The van der Waals surface area contributed by atoms with Crippen LogP contribution < -0.4 is 15.4 Å². The number of rotatable bonds is 9. The molecule has 2 aromatic rings. The average molecular weight is 515 g/mol. The molecule has 0 aliphatic rings. The fourth-order valence-corrected chi connectivity index (χ4v) is 3.33. The number of amides is 1. The number of nitro benzene ring substituents is 1. The average Bonchev–Trinajstić information content (AvgIpc) is 2.69. The van der Waals surface area contributed by atoms with Gasteiger partial charge in [-0.15, -0.1) is 0 Å². The predicted molar refractivity (Wildman–Crippen MR) is 126 cm³/mol. The molecule has 0 unspecified atom stereocenters. The lowest BCUT2D eigenvalue weighted by Gasteiger charge is -2.14. The summed E-state index contributed by atoms with van der Waals surface area (Å²) in [5.74, 6) is -0.0542. The van der Waals surface area contributed by atoms with Gasteiger partial charge in [-0.2, -0.15) is 0 Å². The Balaban J connectivity index is 2.07. The van der Waals surface area contributed by atoms with Crippen LogP contribution in [0.2, 0.25) is 5.02 Å². The number of carbonyl (C=O) groups is 1. The number of benzene rings is 2. The second-order valence-corrected chi connectivity index (χ2v) is 8.14. The minimum atomic E-state index is -0.586. The van der Waals surface area contributed by atoms with Crippen LogP contribution in [0.4, 0.5) is 11.4 Å². The molecule has 0 heterocycles. The van der Waals surface area contributed by atoms with Gasteiger partial charge in [0.15, 0.2) is 5.11 Å². The number of hydrogen-bond donors (Lipinski definition) is 2. The van der Waals surface area contributed by atoms with Crippen molar-refractivity contribution in [1.82, 2.24) is 5.32 Å². The van der Waals surface area contributed by atoms with Gasteiger partial charge in [-0.05, 0) is 49.0 Å². The van der Waals surface area contributed by atoms with Crippen LogP contribution in [0, 0.1) is 10.1 Å². The molecule has 160 valence electrons. The summed E-state index contributed by atoms with van der Waals surface area (Å²) in [6.45, 7) is 2.63. The van der Waals surface area contributed by atoms with Gasteiger partial charge in [0, 0.05) is 15.6 Å². The van der Waals surface area contributed by atoms with E-state index in [4.69, 9.17) is 28.6 Å². The van der Waals surface area contributed by atoms with Gasteiger partial charge in [-0.1, -0.05) is 53.7 Å². The van der Waals surface area contributed by atoms with Crippen LogP contribution in [-0.4, -0.2) is 22.5 Å². The van der Waals surface area contributed by atoms with E-state index in [9.17, 15) is 14.9 Å². The largest absolute Gasteiger partial charge is 0.493 e. The molecule has 1 amide bonds. The van der Waals surface area contributed by atoms with Gasteiger partial charge in [0.05, 0.1) is 17.1 Å². The summed E-state index contributed by atoms with van der Waals surface area (Å²) in [4.78, 5) is 23.3. The minimum absolute atomic E-state index is 0.0840. The molecule has 10 heteroatoms. The summed E-state index contributed by atoms with van der Waals surface area (Å²) in [6.07, 6.45) is 4.21. The van der Waals surface area contributed by atoms with E-state index in [1.807, 2.05) is 0 Å². The Morgan fingerprint density at radius 2 is 2.00 bits per heavy atom. The SMILES string of the molecule is CCCCCCOc1ccc(Br)cc1C(=O)NC(=S)Nc1ccc(Cl)cc1[N+](=O)[O-]. The molecule has 0 aromatic heterocycles. The lowest BCUT2D eigenvalue weighted by atomic mass is 10.2. The molecule has 30 heavy (non-hydrogen) atoms. The second-order valence-electron chi connectivity index (χ2n) is 6.38. The maximum absolute atomic E-state index is 12.7. The third kappa shape index (κ3) is 7.23. The van der Waals surface area contributed by atoms with Gasteiger partial charge in [0.25, 0.3) is 11.6 Å². The second kappa shape index (κ2) is 11.8. The number of halogens is 2. The Morgan fingerprint density at radius 3 is 2.70 bits per heavy atom. The van der Waals surface area contributed by atoms with Crippen molar-refractivity contribution in [2.24, 2.45) is 0 Å². The summed E-state index contributed by atoms with van der Waals surface area (Å²) < 4.78 is 6.48. The maximum atomic E-state index is 12.7. The molecule has 0 aliphatic carbocycles. The van der Waals surface area contributed by atoms with Crippen molar-refractivity contribution in [1.29, 1.82) is 0 Å². The number of carbonyl (C=O) groups excluding carboxylic acids is 1. The zero-order valence-corrected chi connectivity index (χ0v) is 19.4. The molecule has 0 atom stereocenters. The molecular formula is C20H21BrClN3O4S.